The lowest BCUT2D eigenvalue weighted by Crippen LogP contribution is -2.35. The Hall–Kier alpha value is -1.20. The van der Waals surface area contributed by atoms with Gasteiger partial charge in [0.1, 0.15) is 6.61 Å². The molecule has 96 valence electrons. The van der Waals surface area contributed by atoms with Gasteiger partial charge < -0.3 is 14.8 Å². The third-order valence-electron chi connectivity index (χ3n) is 2.00. The van der Waals surface area contributed by atoms with Gasteiger partial charge in [0.15, 0.2) is 0 Å². The Morgan fingerprint density at radius 3 is 2.65 bits per heavy atom. The summed E-state index contributed by atoms with van der Waals surface area (Å²) in [6.45, 7) is 8.05. The SMILES string of the molecule is COCCOc1cncc(CNC(C)(C)C)n1. The standard InChI is InChI=1S/C12H21N3O2/c1-12(2,3)14-8-10-7-13-9-11(15-10)17-6-5-16-4/h7,9,14H,5-6,8H2,1-4H3. The molecule has 0 aromatic carbocycles. The highest BCUT2D eigenvalue weighted by Gasteiger charge is 2.09. The number of methoxy groups -OCH3 is 1. The van der Waals surface area contributed by atoms with E-state index in [0.717, 1.165) is 5.69 Å². The molecular formula is C12H21N3O2. The fourth-order valence-corrected chi connectivity index (χ4v) is 1.13. The Kier molecular flexibility index (Phi) is 5.31. The minimum atomic E-state index is 0.0641. The average Bonchev–Trinajstić information content (AvgIpc) is 2.27. The van der Waals surface area contributed by atoms with Crippen molar-refractivity contribution in [1.82, 2.24) is 15.3 Å². The highest BCUT2D eigenvalue weighted by molar-refractivity contribution is 5.08. The third kappa shape index (κ3) is 6.19. The molecule has 0 amide bonds. The second-order valence-corrected chi connectivity index (χ2v) is 4.79. The van der Waals surface area contributed by atoms with Gasteiger partial charge in [-0.3, -0.25) is 4.98 Å². The number of nitrogens with one attached hydrogen (secondary N) is 1. The van der Waals surface area contributed by atoms with Crippen LogP contribution >= 0.6 is 0 Å². The van der Waals surface area contributed by atoms with Crippen LogP contribution in [0.1, 0.15) is 26.5 Å². The van der Waals surface area contributed by atoms with Gasteiger partial charge in [-0.25, -0.2) is 4.98 Å². The molecule has 5 nitrogen and oxygen atoms in total. The molecule has 0 saturated carbocycles. The van der Waals surface area contributed by atoms with Crippen LogP contribution in [-0.2, 0) is 11.3 Å². The molecule has 0 aliphatic heterocycles. The van der Waals surface area contributed by atoms with E-state index in [0.29, 0.717) is 25.6 Å². The molecule has 1 aromatic rings. The highest BCUT2D eigenvalue weighted by atomic mass is 16.5. The molecular weight excluding hydrogens is 218 g/mol. The molecule has 0 radical (unpaired) electrons. The van der Waals surface area contributed by atoms with Crippen molar-refractivity contribution in [1.29, 1.82) is 0 Å². The monoisotopic (exact) mass is 239 g/mol. The first-order valence-electron chi connectivity index (χ1n) is 5.69. The third-order valence-corrected chi connectivity index (χ3v) is 2.00. The molecule has 0 fully saturated rings. The lowest BCUT2D eigenvalue weighted by Gasteiger charge is -2.20. The lowest BCUT2D eigenvalue weighted by atomic mass is 10.1. The van der Waals surface area contributed by atoms with E-state index in [4.69, 9.17) is 9.47 Å². The van der Waals surface area contributed by atoms with Gasteiger partial charge in [-0.15, -0.1) is 0 Å². The molecule has 1 rings (SSSR count). The van der Waals surface area contributed by atoms with E-state index >= 15 is 0 Å². The smallest absolute Gasteiger partial charge is 0.232 e. The average molecular weight is 239 g/mol. The van der Waals surface area contributed by atoms with Crippen molar-refractivity contribution in [3.8, 4) is 5.88 Å². The van der Waals surface area contributed by atoms with Gasteiger partial charge in [0.05, 0.1) is 18.5 Å². The number of aromatic nitrogens is 2. The summed E-state index contributed by atoms with van der Waals surface area (Å²) in [6, 6.07) is 0. The zero-order valence-corrected chi connectivity index (χ0v) is 11.0. The van der Waals surface area contributed by atoms with E-state index in [1.54, 1.807) is 19.5 Å². The van der Waals surface area contributed by atoms with Crippen LogP contribution in [-0.4, -0.2) is 35.8 Å². The summed E-state index contributed by atoms with van der Waals surface area (Å²) < 4.78 is 10.3. The van der Waals surface area contributed by atoms with Crippen molar-refractivity contribution in [2.75, 3.05) is 20.3 Å². The molecule has 1 N–H and O–H groups in total. The molecule has 5 heteroatoms. The van der Waals surface area contributed by atoms with E-state index < -0.39 is 0 Å². The van der Waals surface area contributed by atoms with Gasteiger partial charge >= 0.3 is 0 Å². The number of rotatable bonds is 6. The van der Waals surface area contributed by atoms with Crippen LogP contribution in [0.4, 0.5) is 0 Å². The van der Waals surface area contributed by atoms with Crippen molar-refractivity contribution in [2.24, 2.45) is 0 Å². The Bertz CT molecular complexity index is 337. The van der Waals surface area contributed by atoms with Crippen molar-refractivity contribution >= 4 is 0 Å². The summed E-state index contributed by atoms with van der Waals surface area (Å²) in [7, 11) is 1.64. The van der Waals surface area contributed by atoms with Crippen molar-refractivity contribution in [3.05, 3.63) is 18.1 Å². The van der Waals surface area contributed by atoms with Crippen molar-refractivity contribution < 1.29 is 9.47 Å². The van der Waals surface area contributed by atoms with Crippen molar-refractivity contribution in [3.63, 3.8) is 0 Å². The first kappa shape index (κ1) is 13.9. The summed E-state index contributed by atoms with van der Waals surface area (Å²) in [5.74, 6) is 0.537. The fourth-order valence-electron chi connectivity index (χ4n) is 1.13. The van der Waals surface area contributed by atoms with Crippen LogP contribution in [0.3, 0.4) is 0 Å². The maximum atomic E-state index is 5.39. The van der Waals surface area contributed by atoms with Gasteiger partial charge in [0, 0.05) is 25.4 Å². The maximum Gasteiger partial charge on any atom is 0.232 e. The minimum Gasteiger partial charge on any atom is -0.474 e. The largest absolute Gasteiger partial charge is 0.474 e. The predicted molar refractivity (Wildman–Crippen MR) is 66.0 cm³/mol. The van der Waals surface area contributed by atoms with Crippen LogP contribution in [0, 0.1) is 0 Å². The molecule has 1 heterocycles. The van der Waals surface area contributed by atoms with E-state index in [1.807, 2.05) is 0 Å². The van der Waals surface area contributed by atoms with Gasteiger partial charge in [0.2, 0.25) is 5.88 Å². The van der Waals surface area contributed by atoms with Crippen LogP contribution in [0.25, 0.3) is 0 Å². The Morgan fingerprint density at radius 2 is 2.00 bits per heavy atom. The summed E-state index contributed by atoms with van der Waals surface area (Å²) >= 11 is 0. The van der Waals surface area contributed by atoms with E-state index in [1.165, 1.54) is 0 Å². The molecule has 0 unspecified atom stereocenters. The van der Waals surface area contributed by atoms with Crippen LogP contribution in [0.2, 0.25) is 0 Å². The molecule has 1 aromatic heterocycles. The predicted octanol–water partition coefficient (Wildman–Crippen LogP) is 1.39. The minimum absolute atomic E-state index is 0.0641. The Balaban J connectivity index is 2.48. The molecule has 0 atom stereocenters. The topological polar surface area (TPSA) is 56.3 Å². The first-order chi connectivity index (χ1) is 8.01. The van der Waals surface area contributed by atoms with E-state index in [-0.39, 0.29) is 5.54 Å². The quantitative estimate of drug-likeness (QED) is 0.760. The summed E-state index contributed by atoms with van der Waals surface area (Å²) in [5, 5.41) is 3.35. The van der Waals surface area contributed by atoms with E-state index in [9.17, 15) is 0 Å². The van der Waals surface area contributed by atoms with Crippen LogP contribution in [0.15, 0.2) is 12.4 Å². The molecule has 17 heavy (non-hydrogen) atoms. The number of hydrogen-bond acceptors (Lipinski definition) is 5. The second kappa shape index (κ2) is 6.51. The van der Waals surface area contributed by atoms with E-state index in [2.05, 4.69) is 36.1 Å². The fraction of sp³-hybridized carbons (Fsp3) is 0.667. The zero-order valence-electron chi connectivity index (χ0n) is 11.0. The van der Waals surface area contributed by atoms with Gasteiger partial charge in [-0.2, -0.15) is 0 Å². The first-order valence-corrected chi connectivity index (χ1v) is 5.69. The number of nitrogens with zero attached hydrogens (tertiary/aromatic N) is 2. The molecule has 0 aliphatic rings. The molecule has 0 bridgehead atoms. The number of hydrogen-bond donors (Lipinski definition) is 1. The highest BCUT2D eigenvalue weighted by Crippen LogP contribution is 2.06. The van der Waals surface area contributed by atoms with Crippen LogP contribution in [0.5, 0.6) is 5.88 Å². The Morgan fingerprint density at radius 1 is 1.24 bits per heavy atom. The normalized spacial score (nSPS) is 11.5. The van der Waals surface area contributed by atoms with Gasteiger partial charge in [-0.05, 0) is 20.8 Å². The molecule has 0 saturated heterocycles. The molecule has 0 spiro atoms. The summed E-state index contributed by atoms with van der Waals surface area (Å²) in [5.41, 5.74) is 0.934. The van der Waals surface area contributed by atoms with Crippen molar-refractivity contribution in [2.45, 2.75) is 32.9 Å². The zero-order chi connectivity index (χ0) is 12.7. The number of ether oxygens (including phenoxy) is 2. The van der Waals surface area contributed by atoms with Gasteiger partial charge in [-0.1, -0.05) is 0 Å². The van der Waals surface area contributed by atoms with Gasteiger partial charge in [0.25, 0.3) is 0 Å². The van der Waals surface area contributed by atoms with Crippen LogP contribution < -0.4 is 10.1 Å². The maximum absolute atomic E-state index is 5.39. The Labute approximate surface area is 103 Å². The second-order valence-electron chi connectivity index (χ2n) is 4.79. The molecule has 0 aliphatic carbocycles. The summed E-state index contributed by atoms with van der Waals surface area (Å²) in [6.07, 6.45) is 3.35. The lowest BCUT2D eigenvalue weighted by molar-refractivity contribution is 0.143. The summed E-state index contributed by atoms with van der Waals surface area (Å²) in [4.78, 5) is 8.44.